The summed E-state index contributed by atoms with van der Waals surface area (Å²) >= 11 is 7.02. The summed E-state index contributed by atoms with van der Waals surface area (Å²) in [5.74, 6) is 3.86. The van der Waals surface area contributed by atoms with E-state index in [4.69, 9.17) is 16.6 Å². The fourth-order valence-corrected chi connectivity index (χ4v) is 7.83. The monoisotopic (exact) mass is 453 g/mol. The predicted molar refractivity (Wildman–Crippen MR) is 123 cm³/mol. The minimum Gasteiger partial charge on any atom is -0.508 e. The molecule has 0 unspecified atom stereocenters. The number of nitrogens with zero attached hydrogens (tertiary/aromatic N) is 1. The highest BCUT2D eigenvalue weighted by Crippen LogP contribution is 2.56. The number of thiocarbonyl (C=S) groups is 1. The zero-order chi connectivity index (χ0) is 21.3. The summed E-state index contributed by atoms with van der Waals surface area (Å²) in [4.78, 5) is 15.9. The Morgan fingerprint density at radius 2 is 1.65 bits per heavy atom. The third kappa shape index (κ3) is 3.29. The van der Waals surface area contributed by atoms with E-state index in [1.54, 1.807) is 18.2 Å². The molecule has 160 valence electrons. The summed E-state index contributed by atoms with van der Waals surface area (Å²) in [6, 6.07) is 8.11. The molecule has 0 spiro atoms. The second-order valence-electron chi connectivity index (χ2n) is 9.41. The van der Waals surface area contributed by atoms with Crippen LogP contribution in [0.5, 0.6) is 11.5 Å². The van der Waals surface area contributed by atoms with Gasteiger partial charge in [0.1, 0.15) is 27.3 Å². The van der Waals surface area contributed by atoms with Gasteiger partial charge >= 0.3 is 0 Å². The highest BCUT2D eigenvalue weighted by molar-refractivity contribution is 8.26. The molecule has 0 atom stereocenters. The second kappa shape index (κ2) is 7.14. The van der Waals surface area contributed by atoms with Crippen LogP contribution in [-0.2, 0) is 4.79 Å². The number of thioether (sulfide) groups is 1. The largest absolute Gasteiger partial charge is 0.508 e. The number of hydrogen-bond acceptors (Lipinski definition) is 6. The van der Waals surface area contributed by atoms with Crippen molar-refractivity contribution < 1.29 is 19.4 Å². The van der Waals surface area contributed by atoms with Crippen LogP contribution in [0.15, 0.2) is 39.7 Å². The van der Waals surface area contributed by atoms with Gasteiger partial charge in [0.25, 0.3) is 5.91 Å². The first-order valence-corrected chi connectivity index (χ1v) is 12.1. The zero-order valence-corrected chi connectivity index (χ0v) is 18.5. The smallest absolute Gasteiger partial charge is 0.266 e. The van der Waals surface area contributed by atoms with Crippen LogP contribution in [0.4, 0.5) is 0 Å². The Morgan fingerprint density at radius 1 is 1.00 bits per heavy atom. The first kappa shape index (κ1) is 19.4. The molecule has 0 radical (unpaired) electrons. The number of benzene rings is 1. The molecule has 5 nitrogen and oxygen atoms in total. The van der Waals surface area contributed by atoms with Crippen LogP contribution >= 0.6 is 24.0 Å². The highest BCUT2D eigenvalue weighted by atomic mass is 32.2. The maximum Gasteiger partial charge on any atom is 0.266 e. The SMILES string of the molecule is O=C1C(=Cc2ccc(-c3cc(O)cc(O)c3)o2)SC(=S)N1C1C2CC3CC(C2)CC1C3. The third-order valence-electron chi connectivity index (χ3n) is 7.39. The van der Waals surface area contributed by atoms with E-state index in [1.165, 1.54) is 62.1 Å². The summed E-state index contributed by atoms with van der Waals surface area (Å²) < 4.78 is 6.54. The van der Waals surface area contributed by atoms with Crippen molar-refractivity contribution in [3.8, 4) is 22.8 Å². The molecule has 5 fully saturated rings. The van der Waals surface area contributed by atoms with Crippen molar-refractivity contribution >= 4 is 40.3 Å². The number of phenols is 2. The summed E-state index contributed by atoms with van der Waals surface area (Å²) in [5, 5.41) is 19.4. The van der Waals surface area contributed by atoms with Crippen LogP contribution in [-0.4, -0.2) is 31.4 Å². The lowest BCUT2D eigenvalue weighted by atomic mass is 9.54. The minimum absolute atomic E-state index is 0.000392. The average Bonchev–Trinajstić information content (AvgIpc) is 3.27. The van der Waals surface area contributed by atoms with Crippen molar-refractivity contribution in [1.82, 2.24) is 4.90 Å². The maximum absolute atomic E-state index is 13.4. The van der Waals surface area contributed by atoms with E-state index in [1.807, 2.05) is 4.90 Å². The van der Waals surface area contributed by atoms with Gasteiger partial charge in [-0.05, 0) is 80.0 Å². The molecule has 7 rings (SSSR count). The van der Waals surface area contributed by atoms with Gasteiger partial charge in [0.2, 0.25) is 0 Å². The first-order chi connectivity index (χ1) is 14.9. The normalized spacial score (nSPS) is 33.1. The van der Waals surface area contributed by atoms with Gasteiger partial charge in [-0.15, -0.1) is 0 Å². The van der Waals surface area contributed by atoms with E-state index in [0.29, 0.717) is 38.1 Å². The van der Waals surface area contributed by atoms with Crippen molar-refractivity contribution in [2.75, 3.05) is 0 Å². The van der Waals surface area contributed by atoms with Crippen molar-refractivity contribution in [3.63, 3.8) is 0 Å². The second-order valence-corrected chi connectivity index (χ2v) is 11.1. The predicted octanol–water partition coefficient (Wildman–Crippen LogP) is 5.38. The van der Waals surface area contributed by atoms with E-state index in [0.717, 1.165) is 11.8 Å². The molecule has 1 amide bonds. The summed E-state index contributed by atoms with van der Waals surface area (Å²) in [7, 11) is 0. The number of carbonyl (C=O) groups is 1. The Bertz CT molecular complexity index is 1070. The van der Waals surface area contributed by atoms with Gasteiger partial charge in [-0.3, -0.25) is 9.69 Å². The highest BCUT2D eigenvalue weighted by Gasteiger charge is 2.53. The fourth-order valence-electron chi connectivity index (χ4n) is 6.51. The molecule has 4 bridgehead atoms. The quantitative estimate of drug-likeness (QED) is 0.480. The molecule has 1 saturated heterocycles. The van der Waals surface area contributed by atoms with Crippen molar-refractivity contribution in [3.05, 3.63) is 41.0 Å². The third-order valence-corrected chi connectivity index (χ3v) is 8.72. The van der Waals surface area contributed by atoms with Crippen LogP contribution < -0.4 is 0 Å². The van der Waals surface area contributed by atoms with Crippen molar-refractivity contribution in [2.24, 2.45) is 23.7 Å². The number of aromatic hydroxyl groups is 2. The van der Waals surface area contributed by atoms with Crippen LogP contribution in [0.2, 0.25) is 0 Å². The van der Waals surface area contributed by atoms with Crippen LogP contribution in [0.3, 0.4) is 0 Å². The van der Waals surface area contributed by atoms with Crippen LogP contribution in [0.25, 0.3) is 17.4 Å². The maximum atomic E-state index is 13.4. The number of carbonyl (C=O) groups excluding carboxylic acids is 1. The molecule has 2 N–H and O–H groups in total. The molecule has 1 aromatic carbocycles. The number of hydrogen-bond donors (Lipinski definition) is 2. The van der Waals surface area contributed by atoms with Gasteiger partial charge < -0.3 is 14.6 Å². The van der Waals surface area contributed by atoms with Gasteiger partial charge in [0.15, 0.2) is 0 Å². The van der Waals surface area contributed by atoms with Gasteiger partial charge in [0, 0.05) is 23.7 Å². The molecular weight excluding hydrogens is 430 g/mol. The fraction of sp³-hybridized carbons (Fsp3) is 0.417. The number of rotatable bonds is 3. The Morgan fingerprint density at radius 3 is 2.29 bits per heavy atom. The molecule has 7 heteroatoms. The van der Waals surface area contributed by atoms with Crippen molar-refractivity contribution in [1.29, 1.82) is 0 Å². The standard InChI is InChI=1S/C24H23NO4S2/c26-17-8-14(9-18(27)10-17)20-2-1-19(29-20)11-21-23(28)25(24(30)31-21)22-15-4-12-3-13(6-15)7-16(22)5-12/h1-2,8-13,15-16,22,26-27H,3-7H2. The van der Waals surface area contributed by atoms with E-state index < -0.39 is 0 Å². The lowest BCUT2D eigenvalue weighted by Gasteiger charge is -2.56. The summed E-state index contributed by atoms with van der Waals surface area (Å²) in [6.45, 7) is 0. The first-order valence-electron chi connectivity index (χ1n) is 10.8. The van der Waals surface area contributed by atoms with Gasteiger partial charge in [-0.25, -0.2) is 0 Å². The zero-order valence-electron chi connectivity index (χ0n) is 16.9. The molecule has 5 aliphatic rings. The minimum atomic E-state index is -0.0375. The van der Waals surface area contributed by atoms with Crippen LogP contribution in [0.1, 0.15) is 37.9 Å². The molecule has 1 aliphatic heterocycles. The molecule has 31 heavy (non-hydrogen) atoms. The molecular formula is C24H23NO4S2. The Hall–Kier alpha value is -2.25. The van der Waals surface area contributed by atoms with Gasteiger partial charge in [-0.2, -0.15) is 0 Å². The molecule has 4 saturated carbocycles. The van der Waals surface area contributed by atoms with Gasteiger partial charge in [0.05, 0.1) is 4.91 Å². The van der Waals surface area contributed by atoms with E-state index in [2.05, 4.69) is 0 Å². The summed E-state index contributed by atoms with van der Waals surface area (Å²) in [6.07, 6.45) is 8.10. The lowest BCUT2D eigenvalue weighted by Crippen LogP contribution is -2.57. The molecule has 2 aromatic rings. The Kier molecular flexibility index (Phi) is 4.47. The van der Waals surface area contributed by atoms with E-state index in [9.17, 15) is 15.0 Å². The Balaban J connectivity index is 1.26. The number of phenolic OH excluding ortho intramolecular Hbond substituents is 2. The Labute approximate surface area is 190 Å². The van der Waals surface area contributed by atoms with Gasteiger partial charge in [-0.1, -0.05) is 24.0 Å². The summed E-state index contributed by atoms with van der Waals surface area (Å²) in [5.41, 5.74) is 0.568. The van der Waals surface area contributed by atoms with Crippen LogP contribution in [0, 0.1) is 23.7 Å². The number of furan rings is 1. The topological polar surface area (TPSA) is 73.9 Å². The van der Waals surface area contributed by atoms with Crippen molar-refractivity contribution in [2.45, 2.75) is 38.1 Å². The van der Waals surface area contributed by atoms with E-state index in [-0.39, 0.29) is 23.4 Å². The molecule has 1 aromatic heterocycles. The van der Waals surface area contributed by atoms with E-state index >= 15 is 0 Å². The number of amides is 1. The average molecular weight is 454 g/mol. The molecule has 2 heterocycles. The molecule has 4 aliphatic carbocycles. The lowest BCUT2D eigenvalue weighted by molar-refractivity contribution is -0.130.